The first-order chi connectivity index (χ1) is 9.16. The normalized spacial score (nSPS) is 16.9. The van der Waals surface area contributed by atoms with Crippen LogP contribution in [0.15, 0.2) is 29.2 Å². The maximum atomic E-state index is 12.2. The van der Waals surface area contributed by atoms with Crippen molar-refractivity contribution in [3.63, 3.8) is 0 Å². The Hall–Kier alpha value is -0.910. The monoisotopic (exact) mass is 299 g/mol. The Bertz CT molecular complexity index is 538. The van der Waals surface area contributed by atoms with E-state index in [-0.39, 0.29) is 12.0 Å². The molecule has 3 N–H and O–H groups in total. The lowest BCUT2D eigenvalue weighted by atomic mass is 9.93. The number of nitrogens with two attached hydrogens (primary N) is 1. The molecular weight excluding hydrogens is 274 g/mol. The van der Waals surface area contributed by atoms with Crippen molar-refractivity contribution in [2.75, 3.05) is 0 Å². The van der Waals surface area contributed by atoms with Crippen LogP contribution >= 0.6 is 0 Å². The first-order valence-electron chi connectivity index (χ1n) is 6.93. The lowest BCUT2D eigenvalue weighted by molar-refractivity contribution is 0.134. The average molecular weight is 299 g/mol. The zero-order valence-electron chi connectivity index (χ0n) is 12.6. The van der Waals surface area contributed by atoms with Gasteiger partial charge in [0.25, 0.3) is 0 Å². The van der Waals surface area contributed by atoms with Crippen LogP contribution in [0.5, 0.6) is 0 Å². The van der Waals surface area contributed by atoms with Crippen LogP contribution in [0.2, 0.25) is 0 Å². The minimum atomic E-state index is -3.26. The third-order valence-electron chi connectivity index (χ3n) is 3.58. The summed E-state index contributed by atoms with van der Waals surface area (Å²) in [4.78, 5) is 0.340. The van der Waals surface area contributed by atoms with Crippen LogP contribution in [-0.2, 0) is 9.84 Å². The van der Waals surface area contributed by atoms with E-state index in [1.54, 1.807) is 39.0 Å². The molecule has 5 heteroatoms. The fourth-order valence-corrected chi connectivity index (χ4v) is 3.10. The van der Waals surface area contributed by atoms with Crippen molar-refractivity contribution in [1.82, 2.24) is 0 Å². The molecule has 0 spiro atoms. The van der Waals surface area contributed by atoms with E-state index in [9.17, 15) is 13.5 Å². The molecule has 20 heavy (non-hydrogen) atoms. The average Bonchev–Trinajstić information content (AvgIpc) is 2.38. The molecule has 0 saturated carbocycles. The molecule has 0 aromatic heterocycles. The molecule has 3 unspecified atom stereocenters. The second-order valence-corrected chi connectivity index (χ2v) is 8.23. The van der Waals surface area contributed by atoms with Crippen molar-refractivity contribution in [2.45, 2.75) is 62.3 Å². The van der Waals surface area contributed by atoms with Crippen molar-refractivity contribution in [3.8, 4) is 0 Å². The summed E-state index contributed by atoms with van der Waals surface area (Å²) in [7, 11) is -3.26. The summed E-state index contributed by atoms with van der Waals surface area (Å²) in [5.74, 6) is 0.0540. The van der Waals surface area contributed by atoms with Gasteiger partial charge in [-0.25, -0.2) is 8.42 Å². The van der Waals surface area contributed by atoms with E-state index in [0.29, 0.717) is 11.3 Å². The molecule has 0 amide bonds. The second kappa shape index (κ2) is 6.70. The van der Waals surface area contributed by atoms with Gasteiger partial charge in [-0.1, -0.05) is 19.1 Å². The highest BCUT2D eigenvalue weighted by Crippen LogP contribution is 2.25. The number of aliphatic hydroxyl groups is 1. The lowest BCUT2D eigenvalue weighted by Gasteiger charge is -2.20. The zero-order chi connectivity index (χ0) is 15.5. The van der Waals surface area contributed by atoms with Crippen LogP contribution in [0.4, 0.5) is 0 Å². The van der Waals surface area contributed by atoms with Crippen molar-refractivity contribution in [1.29, 1.82) is 0 Å². The van der Waals surface area contributed by atoms with Crippen LogP contribution in [0.3, 0.4) is 0 Å². The fourth-order valence-electron chi connectivity index (χ4n) is 1.98. The Morgan fingerprint density at radius 1 is 1.20 bits per heavy atom. The number of sulfone groups is 1. The van der Waals surface area contributed by atoms with Gasteiger partial charge >= 0.3 is 0 Å². The Balaban J connectivity index is 2.99. The number of hydrogen-bond donors (Lipinski definition) is 2. The van der Waals surface area contributed by atoms with Crippen molar-refractivity contribution >= 4 is 9.84 Å². The second-order valence-electron chi connectivity index (χ2n) is 5.73. The van der Waals surface area contributed by atoms with E-state index in [4.69, 9.17) is 5.73 Å². The van der Waals surface area contributed by atoms with Crippen molar-refractivity contribution < 1.29 is 13.5 Å². The van der Waals surface area contributed by atoms with E-state index in [1.165, 1.54) is 0 Å². The standard InChI is InChI=1S/C15H25NO3S/c1-10(2)20(18,19)14-7-5-6-13(9-14)11(3)8-15(17)12(4)16/h5-7,9-12,15,17H,8,16H2,1-4H3. The number of rotatable bonds is 6. The number of aliphatic hydroxyl groups excluding tert-OH is 1. The highest BCUT2D eigenvalue weighted by Gasteiger charge is 2.21. The molecule has 1 aromatic rings. The van der Waals surface area contributed by atoms with E-state index >= 15 is 0 Å². The molecule has 0 fully saturated rings. The van der Waals surface area contributed by atoms with Crippen molar-refractivity contribution in [2.24, 2.45) is 5.73 Å². The molecule has 0 radical (unpaired) electrons. The first kappa shape index (κ1) is 17.1. The van der Waals surface area contributed by atoms with Crippen LogP contribution in [0, 0.1) is 0 Å². The van der Waals surface area contributed by atoms with Gasteiger partial charge in [0.2, 0.25) is 0 Å². The van der Waals surface area contributed by atoms with Gasteiger partial charge in [0, 0.05) is 6.04 Å². The van der Waals surface area contributed by atoms with Gasteiger partial charge in [0.15, 0.2) is 9.84 Å². The van der Waals surface area contributed by atoms with Crippen LogP contribution in [-0.4, -0.2) is 30.9 Å². The van der Waals surface area contributed by atoms with Gasteiger partial charge in [0.05, 0.1) is 16.2 Å². The maximum absolute atomic E-state index is 12.2. The summed E-state index contributed by atoms with van der Waals surface area (Å²) in [5, 5.41) is 9.39. The summed E-state index contributed by atoms with van der Waals surface area (Å²) in [6, 6.07) is 6.67. The van der Waals surface area contributed by atoms with E-state index in [0.717, 1.165) is 5.56 Å². The molecule has 0 aliphatic carbocycles. The minimum absolute atomic E-state index is 0.0540. The molecule has 0 aliphatic rings. The third-order valence-corrected chi connectivity index (χ3v) is 5.73. The quantitative estimate of drug-likeness (QED) is 0.842. The highest BCUT2D eigenvalue weighted by atomic mass is 32.2. The van der Waals surface area contributed by atoms with Crippen LogP contribution in [0.25, 0.3) is 0 Å². The summed E-state index contributed by atoms with van der Waals surface area (Å²) < 4.78 is 24.3. The molecule has 1 rings (SSSR count). The van der Waals surface area contributed by atoms with Crippen LogP contribution < -0.4 is 5.73 Å². The molecule has 0 aliphatic heterocycles. The smallest absolute Gasteiger partial charge is 0.180 e. The van der Waals surface area contributed by atoms with Crippen molar-refractivity contribution in [3.05, 3.63) is 29.8 Å². The first-order valence-corrected chi connectivity index (χ1v) is 8.48. The van der Waals surface area contributed by atoms with Gasteiger partial charge in [-0.15, -0.1) is 0 Å². The summed E-state index contributed by atoms with van der Waals surface area (Å²) in [5.41, 5.74) is 6.56. The molecule has 1 aromatic carbocycles. The molecule has 114 valence electrons. The molecule has 4 nitrogen and oxygen atoms in total. The van der Waals surface area contributed by atoms with E-state index < -0.39 is 21.2 Å². The summed E-state index contributed by atoms with van der Waals surface area (Å²) in [6.07, 6.45) is -0.0709. The zero-order valence-corrected chi connectivity index (χ0v) is 13.4. The largest absolute Gasteiger partial charge is 0.392 e. The van der Waals surface area contributed by atoms with Crippen LogP contribution in [0.1, 0.15) is 45.6 Å². The number of benzene rings is 1. The molecular formula is C15H25NO3S. The molecule has 0 heterocycles. The Kier molecular flexibility index (Phi) is 5.74. The fraction of sp³-hybridized carbons (Fsp3) is 0.600. The maximum Gasteiger partial charge on any atom is 0.180 e. The predicted octanol–water partition coefficient (Wildman–Crippen LogP) is 2.07. The Morgan fingerprint density at radius 3 is 2.30 bits per heavy atom. The highest BCUT2D eigenvalue weighted by molar-refractivity contribution is 7.92. The Morgan fingerprint density at radius 2 is 1.80 bits per heavy atom. The predicted molar refractivity (Wildman–Crippen MR) is 81.5 cm³/mol. The SMILES string of the molecule is CC(CC(O)C(C)N)c1cccc(S(=O)(=O)C(C)C)c1. The molecule has 0 saturated heterocycles. The summed E-state index contributed by atoms with van der Waals surface area (Å²) >= 11 is 0. The Labute approximate surface area is 121 Å². The third kappa shape index (κ3) is 4.04. The van der Waals surface area contributed by atoms with Gasteiger partial charge < -0.3 is 10.8 Å². The molecule has 3 atom stereocenters. The van der Waals surface area contributed by atoms with Gasteiger partial charge in [-0.2, -0.15) is 0 Å². The number of hydrogen-bond acceptors (Lipinski definition) is 4. The summed E-state index contributed by atoms with van der Waals surface area (Å²) in [6.45, 7) is 7.07. The van der Waals surface area contributed by atoms with E-state index in [2.05, 4.69) is 0 Å². The minimum Gasteiger partial charge on any atom is -0.392 e. The van der Waals surface area contributed by atoms with Gasteiger partial charge in [0.1, 0.15) is 0 Å². The van der Waals surface area contributed by atoms with Gasteiger partial charge in [-0.05, 0) is 50.8 Å². The van der Waals surface area contributed by atoms with E-state index in [1.807, 2.05) is 13.0 Å². The molecule has 0 bridgehead atoms. The lowest BCUT2D eigenvalue weighted by Crippen LogP contribution is -2.32. The van der Waals surface area contributed by atoms with Gasteiger partial charge in [-0.3, -0.25) is 0 Å². The topological polar surface area (TPSA) is 80.4 Å².